The van der Waals surface area contributed by atoms with Gasteiger partial charge in [-0.15, -0.1) is 0 Å². The summed E-state index contributed by atoms with van der Waals surface area (Å²) in [5.74, 6) is -1.80. The fraction of sp³-hybridized carbons (Fsp3) is 0.188. The Labute approximate surface area is 131 Å². The Hall–Kier alpha value is -2.70. The minimum atomic E-state index is -1.01. The van der Waals surface area contributed by atoms with E-state index in [9.17, 15) is 13.2 Å². The summed E-state index contributed by atoms with van der Waals surface area (Å²) in [7, 11) is 0. The highest BCUT2D eigenvalue weighted by Crippen LogP contribution is 2.11. The second kappa shape index (κ2) is 8.07. The van der Waals surface area contributed by atoms with Gasteiger partial charge >= 0.3 is 0 Å². The van der Waals surface area contributed by atoms with Gasteiger partial charge in [-0.2, -0.15) is 0 Å². The Morgan fingerprint density at radius 1 is 0.957 bits per heavy atom. The lowest BCUT2D eigenvalue weighted by atomic mass is 10.2. The Balaban J connectivity index is 1.71. The first-order chi connectivity index (χ1) is 11.1. The molecular weight excluding hydrogens is 309 g/mol. The molecule has 0 spiro atoms. The molecule has 0 bridgehead atoms. The number of oxime groups is 1. The van der Waals surface area contributed by atoms with Gasteiger partial charge < -0.3 is 15.3 Å². The Kier molecular flexibility index (Phi) is 5.85. The van der Waals surface area contributed by atoms with Gasteiger partial charge in [0.2, 0.25) is 0 Å². The minimum absolute atomic E-state index is 0.0525. The standard InChI is InChI=1S/C16H15F3N2O2/c17-12-3-5-13(6-4-12)22-8-1-9-23-21-16(20)11-2-7-14(18)15(19)10-11/h2-7,10H,1,8-9H2,(H2,20,21). The zero-order valence-corrected chi connectivity index (χ0v) is 12.1. The molecule has 0 heterocycles. The van der Waals surface area contributed by atoms with Gasteiger partial charge in [-0.25, -0.2) is 13.2 Å². The lowest BCUT2D eigenvalue weighted by Gasteiger charge is -2.06. The van der Waals surface area contributed by atoms with Crippen molar-refractivity contribution in [2.75, 3.05) is 13.2 Å². The highest BCUT2D eigenvalue weighted by Gasteiger charge is 2.05. The summed E-state index contributed by atoms with van der Waals surface area (Å²) in [6.07, 6.45) is 0.520. The third kappa shape index (κ3) is 5.21. The Morgan fingerprint density at radius 2 is 1.70 bits per heavy atom. The van der Waals surface area contributed by atoms with Gasteiger partial charge in [0.05, 0.1) is 6.61 Å². The van der Waals surface area contributed by atoms with Crippen molar-refractivity contribution in [3.63, 3.8) is 0 Å². The van der Waals surface area contributed by atoms with Crippen LogP contribution in [-0.4, -0.2) is 19.0 Å². The van der Waals surface area contributed by atoms with E-state index in [1.54, 1.807) is 0 Å². The van der Waals surface area contributed by atoms with Crippen LogP contribution in [0, 0.1) is 17.5 Å². The third-order valence-corrected chi connectivity index (χ3v) is 2.84. The zero-order valence-electron chi connectivity index (χ0n) is 12.1. The number of halogens is 3. The molecular formula is C16H15F3N2O2. The normalized spacial score (nSPS) is 11.3. The predicted octanol–water partition coefficient (Wildman–Crippen LogP) is 3.21. The highest BCUT2D eigenvalue weighted by atomic mass is 19.2. The van der Waals surface area contributed by atoms with E-state index >= 15 is 0 Å². The van der Waals surface area contributed by atoms with Crippen LogP contribution >= 0.6 is 0 Å². The van der Waals surface area contributed by atoms with E-state index in [1.165, 1.54) is 30.3 Å². The fourth-order valence-electron chi connectivity index (χ4n) is 1.67. The largest absolute Gasteiger partial charge is 0.493 e. The van der Waals surface area contributed by atoms with Gasteiger partial charge in [0.1, 0.15) is 18.2 Å². The van der Waals surface area contributed by atoms with E-state index in [-0.39, 0.29) is 23.8 Å². The van der Waals surface area contributed by atoms with Crippen molar-refractivity contribution < 1.29 is 22.7 Å². The lowest BCUT2D eigenvalue weighted by molar-refractivity contribution is 0.127. The third-order valence-electron chi connectivity index (χ3n) is 2.84. The number of benzene rings is 2. The van der Waals surface area contributed by atoms with Crippen LogP contribution in [0.3, 0.4) is 0 Å². The lowest BCUT2D eigenvalue weighted by Crippen LogP contribution is -2.15. The number of ether oxygens (including phenoxy) is 1. The van der Waals surface area contributed by atoms with Gasteiger partial charge in [-0.1, -0.05) is 5.16 Å². The summed E-state index contributed by atoms with van der Waals surface area (Å²) in [6, 6.07) is 8.86. The van der Waals surface area contributed by atoms with Crippen molar-refractivity contribution in [2.24, 2.45) is 10.9 Å². The molecule has 7 heteroatoms. The molecule has 2 N–H and O–H groups in total. The molecule has 0 saturated carbocycles. The van der Waals surface area contributed by atoms with E-state index < -0.39 is 11.6 Å². The SMILES string of the molecule is NC(=NOCCCOc1ccc(F)cc1)c1ccc(F)c(F)c1. The maximum Gasteiger partial charge on any atom is 0.170 e. The van der Waals surface area contributed by atoms with Crippen LogP contribution in [0.4, 0.5) is 13.2 Å². The van der Waals surface area contributed by atoms with Crippen molar-refractivity contribution in [3.05, 3.63) is 65.5 Å². The molecule has 0 atom stereocenters. The molecule has 0 radical (unpaired) electrons. The molecule has 0 aliphatic rings. The summed E-state index contributed by atoms with van der Waals surface area (Å²) >= 11 is 0. The van der Waals surface area contributed by atoms with Crippen molar-refractivity contribution in [2.45, 2.75) is 6.42 Å². The molecule has 2 aromatic rings. The maximum atomic E-state index is 13.0. The molecule has 0 saturated heterocycles. The van der Waals surface area contributed by atoms with Gasteiger partial charge in [0, 0.05) is 12.0 Å². The summed E-state index contributed by atoms with van der Waals surface area (Å²) < 4.78 is 43.9. The Bertz CT molecular complexity index is 676. The van der Waals surface area contributed by atoms with Crippen molar-refractivity contribution >= 4 is 5.84 Å². The van der Waals surface area contributed by atoms with E-state index in [0.717, 1.165) is 12.1 Å². The topological polar surface area (TPSA) is 56.8 Å². The average molecular weight is 324 g/mol. The number of hydrogen-bond donors (Lipinski definition) is 1. The summed E-state index contributed by atoms with van der Waals surface area (Å²) in [5, 5.41) is 3.62. The smallest absolute Gasteiger partial charge is 0.170 e. The van der Waals surface area contributed by atoms with Gasteiger partial charge in [-0.05, 0) is 42.5 Å². The number of nitrogens with two attached hydrogens (primary N) is 1. The first-order valence-corrected chi connectivity index (χ1v) is 6.85. The van der Waals surface area contributed by atoms with E-state index in [1.807, 2.05) is 0 Å². The predicted molar refractivity (Wildman–Crippen MR) is 79.5 cm³/mol. The van der Waals surface area contributed by atoms with Gasteiger partial charge in [0.15, 0.2) is 17.5 Å². The molecule has 2 rings (SSSR count). The van der Waals surface area contributed by atoms with E-state index in [0.29, 0.717) is 18.8 Å². The Morgan fingerprint density at radius 3 is 2.39 bits per heavy atom. The molecule has 0 aliphatic carbocycles. The first kappa shape index (κ1) is 16.7. The molecule has 2 aromatic carbocycles. The van der Waals surface area contributed by atoms with Crippen molar-refractivity contribution in [1.29, 1.82) is 0 Å². The van der Waals surface area contributed by atoms with Gasteiger partial charge in [-0.3, -0.25) is 0 Å². The van der Waals surface area contributed by atoms with E-state index in [4.69, 9.17) is 15.3 Å². The molecule has 0 aromatic heterocycles. The van der Waals surface area contributed by atoms with Gasteiger partial charge in [0.25, 0.3) is 0 Å². The molecule has 4 nitrogen and oxygen atoms in total. The molecule has 0 unspecified atom stereocenters. The molecule has 122 valence electrons. The monoisotopic (exact) mass is 324 g/mol. The molecule has 0 fully saturated rings. The van der Waals surface area contributed by atoms with E-state index in [2.05, 4.69) is 5.16 Å². The fourth-order valence-corrected chi connectivity index (χ4v) is 1.67. The number of rotatable bonds is 7. The van der Waals surface area contributed by atoms with Crippen LogP contribution in [-0.2, 0) is 4.84 Å². The van der Waals surface area contributed by atoms with Crippen LogP contribution in [0.15, 0.2) is 47.6 Å². The molecule has 0 amide bonds. The number of nitrogens with zero attached hydrogens (tertiary/aromatic N) is 1. The second-order valence-electron chi connectivity index (χ2n) is 4.59. The summed E-state index contributed by atoms with van der Waals surface area (Å²) in [4.78, 5) is 4.98. The number of hydrogen-bond acceptors (Lipinski definition) is 3. The number of amidine groups is 1. The second-order valence-corrected chi connectivity index (χ2v) is 4.59. The maximum absolute atomic E-state index is 13.0. The molecule has 23 heavy (non-hydrogen) atoms. The van der Waals surface area contributed by atoms with Crippen LogP contribution in [0.25, 0.3) is 0 Å². The van der Waals surface area contributed by atoms with Crippen LogP contribution in [0.1, 0.15) is 12.0 Å². The van der Waals surface area contributed by atoms with Crippen LogP contribution in [0.5, 0.6) is 5.75 Å². The summed E-state index contributed by atoms with van der Waals surface area (Å²) in [6.45, 7) is 0.581. The zero-order chi connectivity index (χ0) is 16.7. The molecule has 0 aliphatic heterocycles. The van der Waals surface area contributed by atoms with Crippen molar-refractivity contribution in [1.82, 2.24) is 0 Å². The highest BCUT2D eigenvalue weighted by molar-refractivity contribution is 5.97. The summed E-state index contributed by atoms with van der Waals surface area (Å²) in [5.41, 5.74) is 5.83. The average Bonchev–Trinajstić information content (AvgIpc) is 2.54. The minimum Gasteiger partial charge on any atom is -0.493 e. The van der Waals surface area contributed by atoms with Crippen molar-refractivity contribution in [3.8, 4) is 5.75 Å². The quantitative estimate of drug-likeness (QED) is 0.368. The first-order valence-electron chi connectivity index (χ1n) is 6.85. The van der Waals surface area contributed by atoms with Crippen LogP contribution < -0.4 is 10.5 Å². The van der Waals surface area contributed by atoms with Crippen LogP contribution in [0.2, 0.25) is 0 Å².